The highest BCUT2D eigenvalue weighted by molar-refractivity contribution is 7.91. The number of hydrogen-bond acceptors (Lipinski definition) is 3. The zero-order valence-electron chi connectivity index (χ0n) is 12.1. The molecule has 1 N–H and O–H groups in total. The van der Waals surface area contributed by atoms with Crippen molar-refractivity contribution < 1.29 is 17.2 Å². The molecule has 1 aromatic carbocycles. The van der Waals surface area contributed by atoms with Gasteiger partial charge < -0.3 is 5.32 Å². The lowest BCUT2D eigenvalue weighted by Crippen LogP contribution is -2.26. The fraction of sp³-hybridized carbons (Fsp3) is 0.600. The predicted octanol–water partition coefficient (Wildman–Crippen LogP) is 4.06. The molecular weight excluding hydrogens is 296 g/mol. The van der Waals surface area contributed by atoms with E-state index in [2.05, 4.69) is 12.2 Å². The van der Waals surface area contributed by atoms with Crippen LogP contribution in [0.4, 0.5) is 14.5 Å². The van der Waals surface area contributed by atoms with Gasteiger partial charge in [-0.25, -0.2) is 8.42 Å². The van der Waals surface area contributed by atoms with Crippen LogP contribution in [-0.4, -0.2) is 20.2 Å². The molecule has 0 amide bonds. The maximum atomic E-state index is 12.5. The first-order chi connectivity index (χ1) is 9.91. The second-order valence-corrected chi connectivity index (χ2v) is 7.61. The van der Waals surface area contributed by atoms with Crippen molar-refractivity contribution in [3.8, 4) is 0 Å². The van der Waals surface area contributed by atoms with E-state index < -0.39 is 15.6 Å². The molecule has 2 unspecified atom stereocenters. The van der Waals surface area contributed by atoms with Crippen LogP contribution in [0, 0.1) is 5.92 Å². The van der Waals surface area contributed by atoms with Gasteiger partial charge in [0.15, 0.2) is 0 Å². The van der Waals surface area contributed by atoms with Crippen molar-refractivity contribution in [1.29, 1.82) is 0 Å². The Bertz CT molecular complexity index is 558. The van der Waals surface area contributed by atoms with Crippen LogP contribution in [0.25, 0.3) is 0 Å². The third-order valence-electron chi connectivity index (χ3n) is 4.13. The monoisotopic (exact) mass is 317 g/mol. The average Bonchev–Trinajstić information content (AvgIpc) is 2.65. The number of alkyl halides is 2. The van der Waals surface area contributed by atoms with Crippen LogP contribution in [0.3, 0.4) is 0 Å². The van der Waals surface area contributed by atoms with Gasteiger partial charge in [0.2, 0.25) is 9.84 Å². The summed E-state index contributed by atoms with van der Waals surface area (Å²) in [6.07, 6.45) is 5.92. The first kappa shape index (κ1) is 16.2. The number of sulfone groups is 1. The number of nitrogens with one attached hydrogen (secondary N) is 1. The number of rotatable bonds is 4. The van der Waals surface area contributed by atoms with Crippen LogP contribution in [0.2, 0.25) is 0 Å². The molecular formula is C15H21F2NO2S. The largest absolute Gasteiger partial charge is 0.382 e. The van der Waals surface area contributed by atoms with E-state index in [1.165, 1.54) is 37.8 Å². The topological polar surface area (TPSA) is 46.2 Å². The van der Waals surface area contributed by atoms with Crippen LogP contribution < -0.4 is 5.32 Å². The fourth-order valence-corrected chi connectivity index (χ4v) is 3.49. The Labute approximate surface area is 124 Å². The standard InChI is InChI=1S/C15H21F2NO2S/c1-11-5-3-2-4-6-14(11)18-12-7-9-13(10-8-12)21(19,20)15(16)17/h7-11,14-15,18H,2-6H2,1H3. The molecule has 118 valence electrons. The summed E-state index contributed by atoms with van der Waals surface area (Å²) in [5, 5.41) is 3.40. The van der Waals surface area contributed by atoms with E-state index in [9.17, 15) is 17.2 Å². The highest BCUT2D eigenvalue weighted by Gasteiger charge is 2.26. The molecule has 0 bridgehead atoms. The molecule has 1 aromatic rings. The second kappa shape index (κ2) is 6.73. The first-order valence-electron chi connectivity index (χ1n) is 7.30. The molecule has 21 heavy (non-hydrogen) atoms. The van der Waals surface area contributed by atoms with Crippen molar-refractivity contribution in [2.45, 2.75) is 55.7 Å². The number of halogens is 2. The lowest BCUT2D eigenvalue weighted by Gasteiger charge is -2.24. The van der Waals surface area contributed by atoms with E-state index in [0.717, 1.165) is 12.1 Å². The highest BCUT2D eigenvalue weighted by atomic mass is 32.2. The third-order valence-corrected chi connectivity index (χ3v) is 5.53. The lowest BCUT2D eigenvalue weighted by molar-refractivity contribution is 0.234. The maximum Gasteiger partial charge on any atom is 0.341 e. The van der Waals surface area contributed by atoms with E-state index in [1.807, 2.05) is 0 Å². The van der Waals surface area contributed by atoms with Gasteiger partial charge in [-0.1, -0.05) is 26.2 Å². The van der Waals surface area contributed by atoms with Gasteiger partial charge in [0.25, 0.3) is 0 Å². The lowest BCUT2D eigenvalue weighted by atomic mass is 9.97. The van der Waals surface area contributed by atoms with Crippen molar-refractivity contribution in [2.75, 3.05) is 5.32 Å². The first-order valence-corrected chi connectivity index (χ1v) is 8.84. The average molecular weight is 317 g/mol. The summed E-state index contributed by atoms with van der Waals surface area (Å²) in [5.74, 6) is -2.82. The molecule has 1 aliphatic rings. The van der Waals surface area contributed by atoms with Crippen LogP contribution >= 0.6 is 0 Å². The van der Waals surface area contributed by atoms with Gasteiger partial charge in [0.05, 0.1) is 4.90 Å². The fourth-order valence-electron chi connectivity index (χ4n) is 2.77. The van der Waals surface area contributed by atoms with Gasteiger partial charge in [-0.2, -0.15) is 8.78 Å². The van der Waals surface area contributed by atoms with Gasteiger partial charge in [-0.15, -0.1) is 0 Å². The van der Waals surface area contributed by atoms with E-state index in [4.69, 9.17) is 0 Å². The van der Waals surface area contributed by atoms with Crippen LogP contribution in [0.15, 0.2) is 29.2 Å². The van der Waals surface area contributed by atoms with E-state index in [0.29, 0.717) is 12.0 Å². The molecule has 1 saturated carbocycles. The van der Waals surface area contributed by atoms with Gasteiger partial charge >= 0.3 is 5.76 Å². The number of benzene rings is 1. The molecule has 6 heteroatoms. The Morgan fingerprint density at radius 2 is 1.71 bits per heavy atom. The predicted molar refractivity (Wildman–Crippen MR) is 79.3 cm³/mol. The Hall–Kier alpha value is -1.17. The van der Waals surface area contributed by atoms with Gasteiger partial charge in [-0.05, 0) is 43.0 Å². The molecule has 3 nitrogen and oxygen atoms in total. The summed E-state index contributed by atoms with van der Waals surface area (Å²) in [6.45, 7) is 2.21. The van der Waals surface area contributed by atoms with Crippen LogP contribution in [-0.2, 0) is 9.84 Å². The van der Waals surface area contributed by atoms with Gasteiger partial charge in [-0.3, -0.25) is 0 Å². The van der Waals surface area contributed by atoms with Crippen molar-refractivity contribution in [3.63, 3.8) is 0 Å². The SMILES string of the molecule is CC1CCCCCC1Nc1ccc(S(=O)(=O)C(F)F)cc1. The quantitative estimate of drug-likeness (QED) is 0.852. The maximum absolute atomic E-state index is 12.5. The van der Waals surface area contributed by atoms with Gasteiger partial charge in [0.1, 0.15) is 0 Å². The summed E-state index contributed by atoms with van der Waals surface area (Å²) in [5.41, 5.74) is 0.780. The summed E-state index contributed by atoms with van der Waals surface area (Å²) in [7, 11) is -4.50. The number of anilines is 1. The highest BCUT2D eigenvalue weighted by Crippen LogP contribution is 2.27. The van der Waals surface area contributed by atoms with Gasteiger partial charge in [0, 0.05) is 11.7 Å². The Morgan fingerprint density at radius 3 is 2.33 bits per heavy atom. The summed E-state index contributed by atoms with van der Waals surface area (Å²) >= 11 is 0. The Balaban J connectivity index is 2.09. The van der Waals surface area contributed by atoms with Crippen molar-refractivity contribution in [3.05, 3.63) is 24.3 Å². The third kappa shape index (κ3) is 3.93. The minimum absolute atomic E-state index is 0.336. The molecule has 2 atom stereocenters. The molecule has 0 radical (unpaired) electrons. The Morgan fingerprint density at radius 1 is 1.10 bits per heavy atom. The second-order valence-electron chi connectivity index (χ2n) is 5.70. The smallest absolute Gasteiger partial charge is 0.341 e. The summed E-state index contributed by atoms with van der Waals surface area (Å²) < 4.78 is 47.6. The van der Waals surface area contributed by atoms with E-state index in [-0.39, 0.29) is 4.90 Å². The molecule has 2 rings (SSSR count). The molecule has 0 aromatic heterocycles. The minimum Gasteiger partial charge on any atom is -0.382 e. The molecule has 1 aliphatic carbocycles. The Kier molecular flexibility index (Phi) is 5.19. The van der Waals surface area contributed by atoms with Crippen LogP contribution in [0.5, 0.6) is 0 Å². The zero-order valence-corrected chi connectivity index (χ0v) is 12.9. The molecule has 0 heterocycles. The molecule has 0 spiro atoms. The van der Waals surface area contributed by atoms with Crippen LogP contribution in [0.1, 0.15) is 39.0 Å². The molecule has 1 fully saturated rings. The zero-order chi connectivity index (χ0) is 15.5. The van der Waals surface area contributed by atoms with E-state index in [1.54, 1.807) is 12.1 Å². The molecule has 0 saturated heterocycles. The van der Waals surface area contributed by atoms with Crippen molar-refractivity contribution in [1.82, 2.24) is 0 Å². The van der Waals surface area contributed by atoms with Crippen molar-refractivity contribution >= 4 is 15.5 Å². The number of hydrogen-bond donors (Lipinski definition) is 1. The molecule has 0 aliphatic heterocycles. The minimum atomic E-state index is -4.50. The summed E-state index contributed by atoms with van der Waals surface area (Å²) in [4.78, 5) is -0.336. The van der Waals surface area contributed by atoms with Crippen molar-refractivity contribution in [2.24, 2.45) is 5.92 Å². The van der Waals surface area contributed by atoms with E-state index >= 15 is 0 Å². The normalized spacial score (nSPS) is 23.8. The summed E-state index contributed by atoms with van der Waals surface area (Å²) in [6, 6.07) is 5.96.